The van der Waals surface area contributed by atoms with Crippen LogP contribution in [0.15, 0.2) is 12.4 Å². The van der Waals surface area contributed by atoms with Gasteiger partial charge in [0.2, 0.25) is 0 Å². The Labute approximate surface area is 107 Å². The Morgan fingerprint density at radius 2 is 2.00 bits per heavy atom. The second-order valence-electron chi connectivity index (χ2n) is 4.78. The third-order valence-corrected chi connectivity index (χ3v) is 2.59. The molecule has 100 valence electrons. The van der Waals surface area contributed by atoms with Gasteiger partial charge in [0.05, 0.1) is 12.4 Å². The summed E-state index contributed by atoms with van der Waals surface area (Å²) in [7, 11) is 0. The number of aromatic nitrogens is 2. The zero-order valence-corrected chi connectivity index (χ0v) is 11.1. The van der Waals surface area contributed by atoms with Crippen molar-refractivity contribution in [3.63, 3.8) is 0 Å². The number of hydrogen-bond acceptors (Lipinski definition) is 5. The topological polar surface area (TPSA) is 92.9 Å². The predicted octanol–water partition coefficient (Wildman–Crippen LogP) is 1.32. The van der Waals surface area contributed by atoms with Crippen molar-refractivity contribution in [1.29, 1.82) is 0 Å². The summed E-state index contributed by atoms with van der Waals surface area (Å²) in [6.45, 7) is 6.32. The van der Waals surface area contributed by atoms with Gasteiger partial charge in [-0.15, -0.1) is 0 Å². The van der Waals surface area contributed by atoms with Crippen molar-refractivity contribution in [2.24, 2.45) is 11.8 Å². The van der Waals surface area contributed by atoms with E-state index in [4.69, 9.17) is 5.84 Å². The molecule has 6 nitrogen and oxygen atoms in total. The van der Waals surface area contributed by atoms with Crippen LogP contribution < -0.4 is 16.6 Å². The van der Waals surface area contributed by atoms with Gasteiger partial charge in [0, 0.05) is 6.04 Å². The summed E-state index contributed by atoms with van der Waals surface area (Å²) in [4.78, 5) is 19.8. The number of nitrogens with two attached hydrogens (primary N) is 1. The first kappa shape index (κ1) is 14.4. The van der Waals surface area contributed by atoms with Gasteiger partial charge >= 0.3 is 0 Å². The van der Waals surface area contributed by atoms with Gasteiger partial charge in [-0.25, -0.2) is 15.8 Å². The molecule has 0 aliphatic carbocycles. The average Bonchev–Trinajstić information content (AvgIpc) is 2.36. The van der Waals surface area contributed by atoms with Crippen molar-refractivity contribution in [2.75, 3.05) is 5.43 Å². The van der Waals surface area contributed by atoms with E-state index in [1.807, 2.05) is 6.92 Å². The summed E-state index contributed by atoms with van der Waals surface area (Å²) < 4.78 is 0. The second-order valence-corrected chi connectivity index (χ2v) is 4.78. The number of nitrogens with zero attached hydrogens (tertiary/aromatic N) is 2. The number of amides is 1. The molecule has 1 heterocycles. The Hall–Kier alpha value is -1.69. The summed E-state index contributed by atoms with van der Waals surface area (Å²) in [6.07, 6.45) is 4.87. The van der Waals surface area contributed by atoms with Crippen LogP contribution in [0.5, 0.6) is 0 Å². The molecule has 0 spiro atoms. The fraction of sp³-hybridized carbons (Fsp3) is 0.583. The lowest BCUT2D eigenvalue weighted by Crippen LogP contribution is -2.33. The highest BCUT2D eigenvalue weighted by Crippen LogP contribution is 2.07. The van der Waals surface area contributed by atoms with E-state index < -0.39 is 0 Å². The maximum Gasteiger partial charge on any atom is 0.271 e. The molecule has 6 heteroatoms. The van der Waals surface area contributed by atoms with E-state index in [0.717, 1.165) is 12.8 Å². The molecule has 1 aromatic heterocycles. The SMILES string of the molecule is CC(C)CCC(C)NC(=O)c1cnc(NN)cn1. The van der Waals surface area contributed by atoms with Gasteiger partial charge in [0.15, 0.2) is 5.82 Å². The van der Waals surface area contributed by atoms with Crippen molar-refractivity contribution in [3.8, 4) is 0 Å². The second kappa shape index (κ2) is 6.90. The number of nitrogen functional groups attached to an aromatic ring is 1. The molecular formula is C12H21N5O. The van der Waals surface area contributed by atoms with Crippen LogP contribution >= 0.6 is 0 Å². The van der Waals surface area contributed by atoms with Gasteiger partial charge in [-0.2, -0.15) is 0 Å². The molecule has 0 fully saturated rings. The van der Waals surface area contributed by atoms with Crippen molar-refractivity contribution in [1.82, 2.24) is 15.3 Å². The molecule has 1 unspecified atom stereocenters. The van der Waals surface area contributed by atoms with Crippen LogP contribution in [-0.4, -0.2) is 21.9 Å². The molecule has 1 atom stereocenters. The third-order valence-electron chi connectivity index (χ3n) is 2.59. The molecule has 1 amide bonds. The van der Waals surface area contributed by atoms with Gasteiger partial charge in [-0.05, 0) is 25.7 Å². The quantitative estimate of drug-likeness (QED) is 0.523. The third kappa shape index (κ3) is 4.67. The molecule has 0 aliphatic rings. The Balaban J connectivity index is 2.48. The van der Waals surface area contributed by atoms with E-state index >= 15 is 0 Å². The zero-order chi connectivity index (χ0) is 13.5. The number of carbonyl (C=O) groups excluding carboxylic acids is 1. The standard InChI is InChI=1S/C12H21N5O/c1-8(2)4-5-9(3)16-12(18)10-6-15-11(17-13)7-14-10/h6-9H,4-5,13H2,1-3H3,(H,15,17)(H,16,18). The van der Waals surface area contributed by atoms with Crippen LogP contribution in [0, 0.1) is 5.92 Å². The summed E-state index contributed by atoms with van der Waals surface area (Å²) in [5.74, 6) is 6.03. The fourth-order valence-corrected chi connectivity index (χ4v) is 1.47. The van der Waals surface area contributed by atoms with Gasteiger partial charge in [0.1, 0.15) is 5.69 Å². The molecule has 4 N–H and O–H groups in total. The molecule has 0 saturated heterocycles. The van der Waals surface area contributed by atoms with Crippen molar-refractivity contribution >= 4 is 11.7 Å². The smallest absolute Gasteiger partial charge is 0.271 e. The maximum atomic E-state index is 11.8. The van der Waals surface area contributed by atoms with Crippen LogP contribution in [0.1, 0.15) is 44.1 Å². The zero-order valence-electron chi connectivity index (χ0n) is 11.1. The van der Waals surface area contributed by atoms with Gasteiger partial charge in [-0.3, -0.25) is 4.79 Å². The number of hydrazine groups is 1. The Kier molecular flexibility index (Phi) is 5.51. The van der Waals surface area contributed by atoms with E-state index in [-0.39, 0.29) is 11.9 Å². The van der Waals surface area contributed by atoms with Crippen molar-refractivity contribution < 1.29 is 4.79 Å². The number of hydrogen-bond donors (Lipinski definition) is 3. The molecule has 0 bridgehead atoms. The highest BCUT2D eigenvalue weighted by atomic mass is 16.1. The fourth-order valence-electron chi connectivity index (χ4n) is 1.47. The lowest BCUT2D eigenvalue weighted by molar-refractivity contribution is 0.0932. The monoisotopic (exact) mass is 251 g/mol. The van der Waals surface area contributed by atoms with Crippen molar-refractivity contribution in [2.45, 2.75) is 39.7 Å². The highest BCUT2D eigenvalue weighted by molar-refractivity contribution is 5.92. The van der Waals surface area contributed by atoms with Gasteiger partial charge < -0.3 is 10.7 Å². The van der Waals surface area contributed by atoms with Crippen LogP contribution in [0.3, 0.4) is 0 Å². The molecule has 0 aromatic carbocycles. The van der Waals surface area contributed by atoms with Crippen molar-refractivity contribution in [3.05, 3.63) is 18.1 Å². The normalized spacial score (nSPS) is 12.3. The summed E-state index contributed by atoms with van der Waals surface area (Å²) in [5.41, 5.74) is 2.66. The Morgan fingerprint density at radius 3 is 2.50 bits per heavy atom. The predicted molar refractivity (Wildman–Crippen MR) is 70.8 cm³/mol. The van der Waals surface area contributed by atoms with Gasteiger partial charge in [-0.1, -0.05) is 13.8 Å². The lowest BCUT2D eigenvalue weighted by atomic mass is 10.0. The van der Waals surface area contributed by atoms with E-state index in [0.29, 0.717) is 17.4 Å². The summed E-state index contributed by atoms with van der Waals surface area (Å²) >= 11 is 0. The number of anilines is 1. The molecule has 0 saturated carbocycles. The summed E-state index contributed by atoms with van der Waals surface area (Å²) in [5, 5.41) is 2.90. The lowest BCUT2D eigenvalue weighted by Gasteiger charge is -2.14. The molecule has 18 heavy (non-hydrogen) atoms. The van der Waals surface area contributed by atoms with E-state index in [1.54, 1.807) is 0 Å². The van der Waals surface area contributed by atoms with Crippen LogP contribution in [-0.2, 0) is 0 Å². The number of rotatable bonds is 6. The largest absolute Gasteiger partial charge is 0.348 e. The molecule has 1 aromatic rings. The number of nitrogens with one attached hydrogen (secondary N) is 2. The van der Waals surface area contributed by atoms with Crippen LogP contribution in [0.4, 0.5) is 5.82 Å². The molecular weight excluding hydrogens is 230 g/mol. The first-order chi connectivity index (χ1) is 8.52. The first-order valence-corrected chi connectivity index (χ1v) is 6.12. The molecule has 0 aliphatic heterocycles. The van der Waals surface area contributed by atoms with Crippen LogP contribution in [0.25, 0.3) is 0 Å². The Bertz CT molecular complexity index is 377. The molecule has 0 radical (unpaired) electrons. The molecule has 1 rings (SSSR count). The maximum absolute atomic E-state index is 11.8. The van der Waals surface area contributed by atoms with Gasteiger partial charge in [0.25, 0.3) is 5.91 Å². The minimum absolute atomic E-state index is 0.133. The Morgan fingerprint density at radius 1 is 1.28 bits per heavy atom. The van der Waals surface area contributed by atoms with E-state index in [1.165, 1.54) is 12.4 Å². The number of carbonyl (C=O) groups is 1. The minimum atomic E-state index is -0.206. The highest BCUT2D eigenvalue weighted by Gasteiger charge is 2.11. The minimum Gasteiger partial charge on any atom is -0.348 e. The summed E-state index contributed by atoms with van der Waals surface area (Å²) in [6, 6.07) is 0.133. The average molecular weight is 251 g/mol. The first-order valence-electron chi connectivity index (χ1n) is 6.12. The van der Waals surface area contributed by atoms with E-state index in [9.17, 15) is 4.79 Å². The van der Waals surface area contributed by atoms with E-state index in [2.05, 4.69) is 34.6 Å². The van der Waals surface area contributed by atoms with Crippen LogP contribution in [0.2, 0.25) is 0 Å².